The fraction of sp³-hybridized carbons (Fsp3) is 0. The zero-order valence-electron chi connectivity index (χ0n) is 4.83. The molecule has 0 spiro atoms. The van der Waals surface area contributed by atoms with Crippen molar-refractivity contribution in [3.63, 3.8) is 0 Å². The number of hydrogen-bond donors (Lipinski definition) is 1. The van der Waals surface area contributed by atoms with Crippen LogP contribution in [0.5, 0.6) is 0 Å². The smallest absolute Gasteiger partial charge is 0.252 e. The molecule has 0 bridgehead atoms. The molecule has 0 heterocycles. The third-order valence-corrected chi connectivity index (χ3v) is 1.27. The fourth-order valence-electron chi connectivity index (χ4n) is 0.329. The van der Waals surface area contributed by atoms with Gasteiger partial charge in [-0.25, -0.2) is 0 Å². The van der Waals surface area contributed by atoms with Crippen molar-refractivity contribution >= 4 is 40.7 Å². The number of carbonyl (C=O) groups excluding carboxylic acids is 1. The molecule has 0 aromatic carbocycles. The minimum Gasteiger partial charge on any atom is -0.365 e. The van der Waals surface area contributed by atoms with Crippen molar-refractivity contribution < 1.29 is 4.79 Å². The van der Waals surface area contributed by atoms with Crippen molar-refractivity contribution in [3.05, 3.63) is 21.7 Å². The van der Waals surface area contributed by atoms with Crippen LogP contribution in [-0.4, -0.2) is 5.91 Å². The van der Waals surface area contributed by atoms with E-state index in [1.165, 1.54) is 0 Å². The van der Waals surface area contributed by atoms with E-state index in [9.17, 15) is 4.79 Å². The third kappa shape index (κ3) is 2.60. The molecule has 0 radical (unpaired) electrons. The summed E-state index contributed by atoms with van der Waals surface area (Å²) in [6, 6.07) is 0. The van der Waals surface area contributed by atoms with Crippen LogP contribution < -0.4 is 5.73 Å². The van der Waals surface area contributed by atoms with E-state index in [1.54, 1.807) is 0 Å². The molecule has 0 fully saturated rings. The molecule has 56 valence electrons. The molecule has 0 aromatic rings. The molecule has 1 amide bonds. The van der Waals surface area contributed by atoms with Gasteiger partial charge in [0.25, 0.3) is 5.91 Å². The monoisotopic (exact) mass is 199 g/mol. The molecule has 0 aliphatic rings. The van der Waals surface area contributed by atoms with Crippen LogP contribution in [0.25, 0.3) is 0 Å². The summed E-state index contributed by atoms with van der Waals surface area (Å²) in [5.41, 5.74) is 4.68. The molecule has 0 atom stereocenters. The van der Waals surface area contributed by atoms with E-state index >= 15 is 0 Å². The maximum absolute atomic E-state index is 10.4. The van der Waals surface area contributed by atoms with E-state index in [0.717, 1.165) is 0 Å². The number of halogens is 3. The van der Waals surface area contributed by atoms with Gasteiger partial charge in [0.1, 0.15) is 4.49 Å². The lowest BCUT2D eigenvalue weighted by atomic mass is 10.3. The average Bonchev–Trinajstić information content (AvgIpc) is 1.59. The van der Waals surface area contributed by atoms with Crippen LogP contribution in [0.4, 0.5) is 0 Å². The topological polar surface area (TPSA) is 43.1 Å². The van der Waals surface area contributed by atoms with Gasteiger partial charge in [0.15, 0.2) is 0 Å². The van der Waals surface area contributed by atoms with E-state index in [4.69, 9.17) is 40.5 Å². The predicted octanol–water partition coefficient (Wildman–Crippen LogP) is 1.91. The number of amides is 1. The van der Waals surface area contributed by atoms with E-state index in [1.807, 2.05) is 0 Å². The molecule has 10 heavy (non-hydrogen) atoms. The number of nitrogens with two attached hydrogens (primary N) is 1. The summed E-state index contributed by atoms with van der Waals surface area (Å²) >= 11 is 15.8. The van der Waals surface area contributed by atoms with Crippen molar-refractivity contribution in [3.8, 4) is 0 Å². The molecular weight excluding hydrogens is 196 g/mol. The van der Waals surface area contributed by atoms with Crippen molar-refractivity contribution in [1.29, 1.82) is 0 Å². The van der Waals surface area contributed by atoms with Gasteiger partial charge >= 0.3 is 0 Å². The molecule has 2 N–H and O–H groups in total. The zero-order chi connectivity index (χ0) is 8.31. The van der Waals surface area contributed by atoms with Crippen molar-refractivity contribution in [1.82, 2.24) is 0 Å². The number of hydrogen-bond acceptors (Lipinski definition) is 1. The molecule has 0 aliphatic carbocycles. The minimum absolute atomic E-state index is 0.0625. The molecule has 0 aromatic heterocycles. The van der Waals surface area contributed by atoms with Crippen LogP contribution in [0.15, 0.2) is 21.7 Å². The Hall–Kier alpha value is -0.180. The Balaban J connectivity index is 4.79. The molecule has 0 saturated heterocycles. The first-order valence-electron chi connectivity index (χ1n) is 2.16. The van der Waals surface area contributed by atoms with Crippen molar-refractivity contribution in [2.45, 2.75) is 0 Å². The lowest BCUT2D eigenvalue weighted by Crippen LogP contribution is -2.14. The van der Waals surface area contributed by atoms with Crippen LogP contribution in [0.2, 0.25) is 0 Å². The van der Waals surface area contributed by atoms with Crippen LogP contribution in [-0.2, 0) is 4.79 Å². The second kappa shape index (κ2) is 3.86. The minimum atomic E-state index is -0.792. The van der Waals surface area contributed by atoms with Gasteiger partial charge < -0.3 is 5.73 Å². The van der Waals surface area contributed by atoms with E-state index < -0.39 is 5.91 Å². The molecule has 5 heteroatoms. The Morgan fingerprint density at radius 3 is 1.70 bits per heavy atom. The largest absolute Gasteiger partial charge is 0.365 e. The van der Waals surface area contributed by atoms with Gasteiger partial charge in [-0.3, -0.25) is 4.79 Å². The Bertz CT molecular complexity index is 189. The summed E-state index contributed by atoms with van der Waals surface area (Å²) in [5.74, 6) is -0.792. The van der Waals surface area contributed by atoms with Gasteiger partial charge in [-0.2, -0.15) is 0 Å². The van der Waals surface area contributed by atoms with Crippen LogP contribution in [0.3, 0.4) is 0 Å². The molecule has 0 aliphatic heterocycles. The number of carbonyl (C=O) groups is 1. The van der Waals surface area contributed by atoms with Gasteiger partial charge in [-0.15, -0.1) is 0 Å². The highest BCUT2D eigenvalue weighted by Gasteiger charge is 2.11. The van der Waals surface area contributed by atoms with E-state index in [-0.39, 0.29) is 15.1 Å². The second-order valence-corrected chi connectivity index (χ2v) is 2.81. The standard InChI is InChI=1S/C5H4Cl3NO/c1-2(6)3(4(7)8)5(9)10/h1H2,(H2,9,10). The molecule has 0 saturated carbocycles. The molecular formula is C5H4Cl3NO. The second-order valence-electron chi connectivity index (χ2n) is 1.40. The number of primary amides is 1. The summed E-state index contributed by atoms with van der Waals surface area (Å²) in [6.07, 6.45) is 0. The highest BCUT2D eigenvalue weighted by molar-refractivity contribution is 6.58. The lowest BCUT2D eigenvalue weighted by Gasteiger charge is -1.97. The van der Waals surface area contributed by atoms with Gasteiger partial charge in [0, 0.05) is 5.03 Å². The Morgan fingerprint density at radius 2 is 1.70 bits per heavy atom. The first kappa shape index (κ1) is 9.82. The SMILES string of the molecule is C=C(Cl)C(C(N)=O)=C(Cl)Cl. The molecule has 2 nitrogen and oxygen atoms in total. The maximum atomic E-state index is 10.4. The van der Waals surface area contributed by atoms with Gasteiger partial charge in [0.2, 0.25) is 0 Å². The maximum Gasteiger partial charge on any atom is 0.252 e. The Kier molecular flexibility index (Phi) is 3.79. The normalized spacial score (nSPS) is 8.70. The van der Waals surface area contributed by atoms with Gasteiger partial charge in [-0.1, -0.05) is 41.4 Å². The van der Waals surface area contributed by atoms with Crippen molar-refractivity contribution in [2.24, 2.45) is 5.73 Å². The quantitative estimate of drug-likeness (QED) is 0.537. The van der Waals surface area contributed by atoms with Crippen LogP contribution in [0.1, 0.15) is 0 Å². The Labute approximate surface area is 73.2 Å². The van der Waals surface area contributed by atoms with Gasteiger partial charge in [0.05, 0.1) is 5.57 Å². The highest BCUT2D eigenvalue weighted by atomic mass is 35.5. The van der Waals surface area contributed by atoms with Crippen molar-refractivity contribution in [2.75, 3.05) is 0 Å². The highest BCUT2D eigenvalue weighted by Crippen LogP contribution is 2.21. The van der Waals surface area contributed by atoms with E-state index in [2.05, 4.69) is 6.58 Å². The van der Waals surface area contributed by atoms with Gasteiger partial charge in [-0.05, 0) is 0 Å². The predicted molar refractivity (Wildman–Crippen MR) is 42.9 cm³/mol. The summed E-state index contributed by atoms with van der Waals surface area (Å²) in [7, 11) is 0. The zero-order valence-corrected chi connectivity index (χ0v) is 7.09. The van der Waals surface area contributed by atoms with Crippen LogP contribution in [0, 0.1) is 0 Å². The van der Waals surface area contributed by atoms with Crippen LogP contribution >= 0.6 is 34.8 Å². The summed E-state index contributed by atoms with van der Waals surface area (Å²) in [5, 5.41) is -0.0625. The first-order valence-corrected chi connectivity index (χ1v) is 3.30. The summed E-state index contributed by atoms with van der Waals surface area (Å²) < 4.78 is -0.271. The molecule has 0 unspecified atom stereocenters. The molecule has 0 rings (SSSR count). The summed E-state index contributed by atoms with van der Waals surface area (Å²) in [6.45, 7) is 3.24. The van der Waals surface area contributed by atoms with E-state index in [0.29, 0.717) is 0 Å². The number of rotatable bonds is 2. The first-order chi connectivity index (χ1) is 4.46. The average molecular weight is 200 g/mol. The summed E-state index contributed by atoms with van der Waals surface area (Å²) in [4.78, 5) is 10.4. The Morgan fingerprint density at radius 1 is 1.30 bits per heavy atom. The third-order valence-electron chi connectivity index (χ3n) is 0.707. The lowest BCUT2D eigenvalue weighted by molar-refractivity contribution is -0.114. The fourth-order valence-corrected chi connectivity index (χ4v) is 1.03.